The van der Waals surface area contributed by atoms with Crippen LogP contribution in [0.15, 0.2) is 164 Å². The minimum Gasteiger partial charge on any atom is -0.256 e. The molecule has 3 nitrogen and oxygen atoms in total. The zero-order chi connectivity index (χ0) is 32.3. The Hall–Kier alpha value is -6.23. The van der Waals surface area contributed by atoms with Gasteiger partial charge in [0.2, 0.25) is 0 Å². The third kappa shape index (κ3) is 4.53. The summed E-state index contributed by atoms with van der Waals surface area (Å²) >= 11 is 1.76. The van der Waals surface area contributed by atoms with Crippen molar-refractivity contribution in [3.05, 3.63) is 164 Å². The van der Waals surface area contributed by atoms with Gasteiger partial charge in [0.15, 0.2) is 5.82 Å². The molecule has 0 radical (unpaired) electrons. The van der Waals surface area contributed by atoms with Crippen molar-refractivity contribution in [2.24, 2.45) is 0 Å². The van der Waals surface area contributed by atoms with E-state index in [9.17, 15) is 0 Å². The first kappa shape index (κ1) is 27.8. The second kappa shape index (κ2) is 11.2. The normalized spacial score (nSPS) is 11.7. The van der Waals surface area contributed by atoms with E-state index >= 15 is 0 Å². The highest BCUT2D eigenvalue weighted by atomic mass is 32.1. The van der Waals surface area contributed by atoms with E-state index in [2.05, 4.69) is 146 Å². The smallest absolute Gasteiger partial charge is 0.160 e. The molecule has 0 aliphatic heterocycles. The van der Waals surface area contributed by atoms with Crippen LogP contribution in [0.25, 0.3) is 97.6 Å². The maximum Gasteiger partial charge on any atom is 0.160 e. The number of benzene rings is 7. The van der Waals surface area contributed by atoms with Crippen LogP contribution >= 0.6 is 11.3 Å². The molecule has 3 heterocycles. The third-order valence-electron chi connectivity index (χ3n) is 9.55. The predicted molar refractivity (Wildman–Crippen MR) is 207 cm³/mol. The average Bonchev–Trinajstić information content (AvgIpc) is 3.56. The van der Waals surface area contributed by atoms with E-state index in [0.717, 1.165) is 49.3 Å². The lowest BCUT2D eigenvalue weighted by Crippen LogP contribution is -1.93. The first-order valence-electron chi connectivity index (χ1n) is 16.4. The summed E-state index contributed by atoms with van der Waals surface area (Å²) in [6.07, 6.45) is 1.88. The van der Waals surface area contributed by atoms with Gasteiger partial charge in [-0.3, -0.25) is 4.98 Å². The quantitative estimate of drug-likeness (QED) is 0.180. The molecule has 4 heteroatoms. The molecule has 228 valence electrons. The van der Waals surface area contributed by atoms with Gasteiger partial charge in [-0.1, -0.05) is 140 Å². The lowest BCUT2D eigenvalue weighted by molar-refractivity contribution is 1.24. The fourth-order valence-electron chi connectivity index (χ4n) is 7.24. The average molecular weight is 642 g/mol. The molecule has 0 atom stereocenters. The Balaban J connectivity index is 1.11. The molecule has 49 heavy (non-hydrogen) atoms. The number of pyridine rings is 1. The lowest BCUT2D eigenvalue weighted by Gasteiger charge is -2.15. The number of fused-ring (bicyclic) bond motifs is 7. The van der Waals surface area contributed by atoms with Gasteiger partial charge in [0.1, 0.15) is 0 Å². The van der Waals surface area contributed by atoms with Crippen LogP contribution in [0.5, 0.6) is 0 Å². The molecule has 0 saturated carbocycles. The van der Waals surface area contributed by atoms with Crippen molar-refractivity contribution in [3.63, 3.8) is 0 Å². The van der Waals surface area contributed by atoms with Gasteiger partial charge in [0, 0.05) is 38.2 Å². The highest BCUT2D eigenvalue weighted by molar-refractivity contribution is 7.26. The molecule has 0 spiro atoms. The topological polar surface area (TPSA) is 38.7 Å². The third-order valence-corrected chi connectivity index (χ3v) is 10.7. The van der Waals surface area contributed by atoms with E-state index in [-0.39, 0.29) is 0 Å². The fourth-order valence-corrected chi connectivity index (χ4v) is 8.39. The molecule has 0 fully saturated rings. The van der Waals surface area contributed by atoms with Crippen molar-refractivity contribution in [3.8, 4) is 44.9 Å². The number of aromatic nitrogens is 3. The zero-order valence-electron chi connectivity index (χ0n) is 26.3. The van der Waals surface area contributed by atoms with Gasteiger partial charge in [0.05, 0.1) is 21.4 Å². The van der Waals surface area contributed by atoms with Crippen molar-refractivity contribution in [2.45, 2.75) is 0 Å². The Morgan fingerprint density at radius 1 is 0.408 bits per heavy atom. The standard InChI is InChI=1S/C45H27N3S/c1-2-11-29(12-3-1)42-44-43(38-18-8-9-19-40(38)49-44)48-45(47-42)30-22-20-28(21-23-30)32-24-25-36(34-15-5-4-14-33(32)34)39-27-31-13-10-26-46-41(31)37-17-7-6-16-35(37)39/h1-27H. The molecule has 3 aromatic heterocycles. The van der Waals surface area contributed by atoms with E-state index in [1.54, 1.807) is 11.3 Å². The maximum absolute atomic E-state index is 5.18. The number of hydrogen-bond donors (Lipinski definition) is 0. The van der Waals surface area contributed by atoms with Crippen LogP contribution in [0.2, 0.25) is 0 Å². The van der Waals surface area contributed by atoms with E-state index < -0.39 is 0 Å². The molecule has 0 amide bonds. The van der Waals surface area contributed by atoms with Gasteiger partial charge in [-0.25, -0.2) is 9.97 Å². The van der Waals surface area contributed by atoms with Crippen LogP contribution in [0.4, 0.5) is 0 Å². The fraction of sp³-hybridized carbons (Fsp3) is 0. The van der Waals surface area contributed by atoms with Gasteiger partial charge >= 0.3 is 0 Å². The summed E-state index contributed by atoms with van der Waals surface area (Å²) in [7, 11) is 0. The summed E-state index contributed by atoms with van der Waals surface area (Å²) < 4.78 is 2.34. The summed E-state index contributed by atoms with van der Waals surface area (Å²) in [5.74, 6) is 0.735. The molecule has 10 aromatic rings. The first-order chi connectivity index (χ1) is 24.3. The van der Waals surface area contributed by atoms with Gasteiger partial charge < -0.3 is 0 Å². The lowest BCUT2D eigenvalue weighted by atomic mass is 9.89. The molecule has 10 rings (SSSR count). The Morgan fingerprint density at radius 3 is 1.84 bits per heavy atom. The number of hydrogen-bond acceptors (Lipinski definition) is 4. The van der Waals surface area contributed by atoms with Crippen LogP contribution in [0, 0.1) is 0 Å². The molecule has 0 aliphatic rings. The summed E-state index contributed by atoms with van der Waals surface area (Å²) in [5.41, 5.74) is 9.91. The van der Waals surface area contributed by atoms with Crippen LogP contribution in [-0.2, 0) is 0 Å². The number of nitrogens with zero attached hydrogens (tertiary/aromatic N) is 3. The van der Waals surface area contributed by atoms with E-state index in [4.69, 9.17) is 15.0 Å². The van der Waals surface area contributed by atoms with E-state index in [0.29, 0.717) is 0 Å². The predicted octanol–water partition coefficient (Wildman–Crippen LogP) is 12.4. The Kier molecular flexibility index (Phi) is 6.36. The largest absolute Gasteiger partial charge is 0.256 e. The van der Waals surface area contributed by atoms with Gasteiger partial charge in [-0.15, -0.1) is 11.3 Å². The highest BCUT2D eigenvalue weighted by Crippen LogP contribution is 2.42. The Labute approximate surface area is 286 Å². The molecule has 0 N–H and O–H groups in total. The van der Waals surface area contributed by atoms with E-state index in [1.807, 2.05) is 18.3 Å². The number of rotatable bonds is 4. The second-order valence-corrected chi connectivity index (χ2v) is 13.4. The van der Waals surface area contributed by atoms with E-state index in [1.165, 1.54) is 48.3 Å². The minimum absolute atomic E-state index is 0.735. The maximum atomic E-state index is 5.18. The minimum atomic E-state index is 0.735. The molecule has 0 aliphatic carbocycles. The summed E-state index contributed by atoms with van der Waals surface area (Å²) in [5, 5.41) is 7.14. The molecule has 0 unspecified atom stereocenters. The number of thiophene rings is 1. The van der Waals surface area contributed by atoms with Crippen molar-refractivity contribution >= 4 is 64.1 Å². The summed E-state index contributed by atoms with van der Waals surface area (Å²) in [6.45, 7) is 0. The molecule has 7 aromatic carbocycles. The summed E-state index contributed by atoms with van der Waals surface area (Å²) in [4.78, 5) is 15.1. The van der Waals surface area contributed by atoms with Crippen molar-refractivity contribution in [2.75, 3.05) is 0 Å². The van der Waals surface area contributed by atoms with Crippen LogP contribution in [-0.4, -0.2) is 15.0 Å². The van der Waals surface area contributed by atoms with Crippen molar-refractivity contribution < 1.29 is 0 Å². The molecular weight excluding hydrogens is 615 g/mol. The SMILES string of the molecule is c1ccc(-c2nc(-c3ccc(-c4ccc(-c5cc6cccnc6c6ccccc56)c5ccccc45)cc3)nc3c2sc2ccccc23)cc1. The Bertz CT molecular complexity index is 2870. The first-order valence-corrected chi connectivity index (χ1v) is 17.3. The molecular formula is C45H27N3S. The second-order valence-electron chi connectivity index (χ2n) is 12.4. The zero-order valence-corrected chi connectivity index (χ0v) is 27.2. The van der Waals surface area contributed by atoms with Gasteiger partial charge in [-0.05, 0) is 56.6 Å². The van der Waals surface area contributed by atoms with Crippen molar-refractivity contribution in [1.82, 2.24) is 15.0 Å². The van der Waals surface area contributed by atoms with Crippen LogP contribution in [0.1, 0.15) is 0 Å². The monoisotopic (exact) mass is 641 g/mol. The van der Waals surface area contributed by atoms with Crippen LogP contribution < -0.4 is 0 Å². The van der Waals surface area contributed by atoms with Crippen LogP contribution in [0.3, 0.4) is 0 Å². The molecule has 0 saturated heterocycles. The van der Waals surface area contributed by atoms with Gasteiger partial charge in [-0.2, -0.15) is 0 Å². The van der Waals surface area contributed by atoms with Gasteiger partial charge in [0.25, 0.3) is 0 Å². The highest BCUT2D eigenvalue weighted by Gasteiger charge is 2.17. The molecule has 0 bridgehead atoms. The van der Waals surface area contributed by atoms with Crippen molar-refractivity contribution in [1.29, 1.82) is 0 Å². The Morgan fingerprint density at radius 2 is 1.04 bits per heavy atom. The summed E-state index contributed by atoms with van der Waals surface area (Å²) in [6, 6.07) is 56.0.